The lowest BCUT2D eigenvalue weighted by Crippen LogP contribution is -2.19. The van der Waals surface area contributed by atoms with Crippen LogP contribution in [-0.4, -0.2) is 11.1 Å². The van der Waals surface area contributed by atoms with Crippen molar-refractivity contribution in [1.29, 1.82) is 0 Å². The number of hydrogen-bond acceptors (Lipinski definition) is 1. The van der Waals surface area contributed by atoms with E-state index in [1.165, 1.54) is 0 Å². The van der Waals surface area contributed by atoms with E-state index in [9.17, 15) is 4.79 Å². The highest BCUT2D eigenvalue weighted by Gasteiger charge is 2.22. The van der Waals surface area contributed by atoms with Gasteiger partial charge in [0.15, 0.2) is 0 Å². The van der Waals surface area contributed by atoms with E-state index in [-0.39, 0.29) is 11.3 Å². The van der Waals surface area contributed by atoms with E-state index in [0.717, 1.165) is 0 Å². The van der Waals surface area contributed by atoms with Gasteiger partial charge >= 0.3 is 5.97 Å². The largest absolute Gasteiger partial charge is 0.481 e. The Balaban J connectivity index is 4.07. The maximum absolute atomic E-state index is 10.4. The second-order valence-electron chi connectivity index (χ2n) is 3.47. The van der Waals surface area contributed by atoms with Gasteiger partial charge in [-0.3, -0.25) is 4.79 Å². The highest BCUT2D eigenvalue weighted by Crippen LogP contribution is 2.23. The van der Waals surface area contributed by atoms with Gasteiger partial charge in [0.25, 0.3) is 0 Å². The molecule has 0 aromatic heterocycles. The van der Waals surface area contributed by atoms with Gasteiger partial charge in [-0.2, -0.15) is 0 Å². The molecule has 0 radical (unpaired) electrons. The summed E-state index contributed by atoms with van der Waals surface area (Å²) < 4.78 is 0. The quantitative estimate of drug-likeness (QED) is 0.629. The summed E-state index contributed by atoms with van der Waals surface area (Å²) in [6, 6.07) is 0. The molecule has 0 aliphatic rings. The van der Waals surface area contributed by atoms with Crippen LogP contribution in [0.5, 0.6) is 0 Å². The van der Waals surface area contributed by atoms with Gasteiger partial charge in [0.05, 0.1) is 5.92 Å². The van der Waals surface area contributed by atoms with Crippen molar-refractivity contribution < 1.29 is 9.90 Å². The van der Waals surface area contributed by atoms with Crippen molar-refractivity contribution in [2.24, 2.45) is 11.3 Å². The third kappa shape index (κ3) is 3.67. The number of carboxylic acid groups (broad SMARTS) is 1. The standard InChI is InChI=1S/C9H14O2/c1-5-9(3,4)6-7(2)8(10)11/h1,7H,6H2,2-4H3,(H,10,11)/t7-/m1/s1. The van der Waals surface area contributed by atoms with E-state index in [2.05, 4.69) is 5.92 Å². The molecule has 0 amide bonds. The predicted octanol–water partition coefficient (Wildman–Crippen LogP) is 1.76. The highest BCUT2D eigenvalue weighted by atomic mass is 16.4. The molecular formula is C9H14O2. The maximum atomic E-state index is 10.4. The summed E-state index contributed by atoms with van der Waals surface area (Å²) in [4.78, 5) is 10.4. The maximum Gasteiger partial charge on any atom is 0.306 e. The third-order valence-corrected chi connectivity index (χ3v) is 1.63. The lowest BCUT2D eigenvalue weighted by Gasteiger charge is -2.19. The van der Waals surface area contributed by atoms with Crippen LogP contribution in [0.4, 0.5) is 0 Å². The number of carboxylic acids is 1. The average molecular weight is 154 g/mol. The molecule has 0 fully saturated rings. The van der Waals surface area contributed by atoms with E-state index >= 15 is 0 Å². The van der Waals surface area contributed by atoms with Crippen molar-refractivity contribution in [3.05, 3.63) is 0 Å². The first kappa shape index (κ1) is 10.0. The van der Waals surface area contributed by atoms with Crippen LogP contribution >= 0.6 is 0 Å². The molecular weight excluding hydrogens is 140 g/mol. The van der Waals surface area contributed by atoms with Gasteiger partial charge in [-0.1, -0.05) is 6.92 Å². The minimum Gasteiger partial charge on any atom is -0.481 e. The molecule has 0 spiro atoms. The van der Waals surface area contributed by atoms with E-state index in [1.807, 2.05) is 13.8 Å². The van der Waals surface area contributed by atoms with Crippen LogP contribution in [0, 0.1) is 23.7 Å². The number of hydrogen-bond donors (Lipinski definition) is 1. The van der Waals surface area contributed by atoms with Gasteiger partial charge in [-0.05, 0) is 20.3 Å². The Morgan fingerprint density at radius 1 is 1.73 bits per heavy atom. The molecule has 0 unspecified atom stereocenters. The lowest BCUT2D eigenvalue weighted by molar-refractivity contribution is -0.141. The van der Waals surface area contributed by atoms with Crippen LogP contribution in [0.3, 0.4) is 0 Å². The monoisotopic (exact) mass is 154 g/mol. The van der Waals surface area contributed by atoms with Crippen molar-refractivity contribution in [3.63, 3.8) is 0 Å². The Morgan fingerprint density at radius 3 is 2.45 bits per heavy atom. The number of rotatable bonds is 3. The molecule has 62 valence electrons. The van der Waals surface area contributed by atoms with Gasteiger partial charge in [0, 0.05) is 5.41 Å². The van der Waals surface area contributed by atoms with Crippen molar-refractivity contribution in [2.75, 3.05) is 0 Å². The molecule has 2 heteroatoms. The fourth-order valence-corrected chi connectivity index (χ4v) is 0.912. The zero-order valence-corrected chi connectivity index (χ0v) is 7.22. The van der Waals surface area contributed by atoms with Crippen molar-refractivity contribution >= 4 is 5.97 Å². The van der Waals surface area contributed by atoms with Crippen LogP contribution in [0.15, 0.2) is 0 Å². The molecule has 0 heterocycles. The first-order valence-corrected chi connectivity index (χ1v) is 3.59. The van der Waals surface area contributed by atoms with E-state index in [1.54, 1.807) is 6.92 Å². The second-order valence-corrected chi connectivity index (χ2v) is 3.47. The molecule has 0 bridgehead atoms. The van der Waals surface area contributed by atoms with Crippen molar-refractivity contribution in [2.45, 2.75) is 27.2 Å². The second kappa shape index (κ2) is 3.43. The zero-order chi connectivity index (χ0) is 9.07. The number of aliphatic carboxylic acids is 1. The molecule has 1 N–H and O–H groups in total. The Hall–Kier alpha value is -0.970. The van der Waals surface area contributed by atoms with Crippen LogP contribution in [0.25, 0.3) is 0 Å². The smallest absolute Gasteiger partial charge is 0.306 e. The summed E-state index contributed by atoms with van der Waals surface area (Å²) in [7, 11) is 0. The highest BCUT2D eigenvalue weighted by molar-refractivity contribution is 5.69. The minimum atomic E-state index is -0.784. The van der Waals surface area contributed by atoms with Crippen molar-refractivity contribution in [1.82, 2.24) is 0 Å². The van der Waals surface area contributed by atoms with E-state index < -0.39 is 5.97 Å². The number of terminal acetylenes is 1. The SMILES string of the molecule is C#CC(C)(C)C[C@@H](C)C(=O)O. The Bertz CT molecular complexity index is 186. The molecule has 1 atom stereocenters. The van der Waals surface area contributed by atoms with Crippen LogP contribution < -0.4 is 0 Å². The number of carbonyl (C=O) groups is 1. The predicted molar refractivity (Wildman–Crippen MR) is 44.0 cm³/mol. The van der Waals surface area contributed by atoms with E-state index in [0.29, 0.717) is 6.42 Å². The van der Waals surface area contributed by atoms with Crippen molar-refractivity contribution in [3.8, 4) is 12.3 Å². The fourth-order valence-electron chi connectivity index (χ4n) is 0.912. The fraction of sp³-hybridized carbons (Fsp3) is 0.667. The molecule has 0 aromatic carbocycles. The molecule has 0 aliphatic heterocycles. The van der Waals surface area contributed by atoms with Gasteiger partial charge in [-0.25, -0.2) is 0 Å². The van der Waals surface area contributed by atoms with Crippen LogP contribution in [0.2, 0.25) is 0 Å². The first-order valence-electron chi connectivity index (χ1n) is 3.59. The molecule has 0 rings (SSSR count). The molecule has 0 aliphatic carbocycles. The van der Waals surface area contributed by atoms with Crippen LogP contribution in [-0.2, 0) is 4.79 Å². The normalized spacial score (nSPS) is 13.6. The van der Waals surface area contributed by atoms with Gasteiger partial charge in [0.2, 0.25) is 0 Å². The summed E-state index contributed by atoms with van der Waals surface area (Å²) >= 11 is 0. The van der Waals surface area contributed by atoms with Crippen LogP contribution in [0.1, 0.15) is 27.2 Å². The third-order valence-electron chi connectivity index (χ3n) is 1.63. The Kier molecular flexibility index (Phi) is 3.13. The Labute approximate surface area is 67.6 Å². The average Bonchev–Trinajstić information content (AvgIpc) is 1.87. The summed E-state index contributed by atoms with van der Waals surface area (Å²) in [5.41, 5.74) is -0.308. The summed E-state index contributed by atoms with van der Waals surface area (Å²) in [6.07, 6.45) is 5.74. The summed E-state index contributed by atoms with van der Waals surface area (Å²) in [5, 5.41) is 8.57. The van der Waals surface area contributed by atoms with Gasteiger partial charge in [-0.15, -0.1) is 12.3 Å². The molecule has 2 nitrogen and oxygen atoms in total. The molecule has 0 saturated carbocycles. The van der Waals surface area contributed by atoms with Gasteiger partial charge < -0.3 is 5.11 Å². The molecule has 11 heavy (non-hydrogen) atoms. The van der Waals surface area contributed by atoms with E-state index in [4.69, 9.17) is 11.5 Å². The molecule has 0 aromatic rings. The zero-order valence-electron chi connectivity index (χ0n) is 7.22. The first-order chi connectivity index (χ1) is 4.89. The lowest BCUT2D eigenvalue weighted by atomic mass is 9.84. The minimum absolute atomic E-state index is 0.308. The topological polar surface area (TPSA) is 37.3 Å². The Morgan fingerprint density at radius 2 is 2.18 bits per heavy atom. The summed E-state index contributed by atoms with van der Waals surface area (Å²) in [6.45, 7) is 5.40. The summed E-state index contributed by atoms with van der Waals surface area (Å²) in [5.74, 6) is 1.42. The molecule has 0 saturated heterocycles. The van der Waals surface area contributed by atoms with Gasteiger partial charge in [0.1, 0.15) is 0 Å².